The second-order valence-corrected chi connectivity index (χ2v) is 4.99. The first-order valence-corrected chi connectivity index (χ1v) is 6.71. The molecular formula is C15H18N2O. The molecule has 0 atom stereocenters. The molecule has 0 radical (unpaired) electrons. The van der Waals surface area contributed by atoms with Crippen molar-refractivity contribution in [2.75, 3.05) is 13.1 Å². The molecule has 0 aliphatic carbocycles. The number of carbonyl (C=O) groups excluding carboxylic acids is 1. The van der Waals surface area contributed by atoms with Crippen molar-refractivity contribution < 1.29 is 4.79 Å². The van der Waals surface area contributed by atoms with Crippen molar-refractivity contribution in [2.45, 2.75) is 25.7 Å². The highest BCUT2D eigenvalue weighted by Gasteiger charge is 2.17. The van der Waals surface area contributed by atoms with Gasteiger partial charge in [0, 0.05) is 35.8 Å². The van der Waals surface area contributed by atoms with Gasteiger partial charge in [-0.05, 0) is 37.1 Å². The van der Waals surface area contributed by atoms with E-state index in [0.29, 0.717) is 0 Å². The zero-order valence-electron chi connectivity index (χ0n) is 10.5. The molecule has 1 aliphatic rings. The molecule has 94 valence electrons. The van der Waals surface area contributed by atoms with Crippen LogP contribution in [0, 0.1) is 0 Å². The van der Waals surface area contributed by atoms with Crippen LogP contribution < -0.4 is 0 Å². The van der Waals surface area contributed by atoms with Crippen molar-refractivity contribution in [1.82, 2.24) is 9.88 Å². The molecule has 2 aromatic rings. The number of amides is 1. The lowest BCUT2D eigenvalue weighted by Crippen LogP contribution is -2.31. The van der Waals surface area contributed by atoms with E-state index in [1.807, 2.05) is 35.4 Å². The molecule has 2 heterocycles. The largest absolute Gasteiger partial charge is 0.361 e. The molecule has 1 fully saturated rings. The van der Waals surface area contributed by atoms with Gasteiger partial charge in [-0.25, -0.2) is 0 Å². The van der Waals surface area contributed by atoms with Crippen LogP contribution >= 0.6 is 0 Å². The van der Waals surface area contributed by atoms with Crippen LogP contribution in [0.2, 0.25) is 0 Å². The smallest absolute Gasteiger partial charge is 0.253 e. The molecule has 0 saturated carbocycles. The van der Waals surface area contributed by atoms with E-state index in [1.54, 1.807) is 0 Å². The quantitative estimate of drug-likeness (QED) is 0.819. The van der Waals surface area contributed by atoms with E-state index in [0.717, 1.165) is 42.4 Å². The van der Waals surface area contributed by atoms with E-state index >= 15 is 0 Å². The van der Waals surface area contributed by atoms with Gasteiger partial charge in [-0.3, -0.25) is 4.79 Å². The number of benzene rings is 1. The van der Waals surface area contributed by atoms with Gasteiger partial charge >= 0.3 is 0 Å². The summed E-state index contributed by atoms with van der Waals surface area (Å²) in [5, 5.41) is 1.11. The molecule has 0 bridgehead atoms. The summed E-state index contributed by atoms with van der Waals surface area (Å²) in [6, 6.07) is 7.90. The predicted octanol–water partition coefficient (Wildman–Crippen LogP) is 3.18. The van der Waals surface area contributed by atoms with Crippen LogP contribution in [-0.2, 0) is 0 Å². The van der Waals surface area contributed by atoms with Gasteiger partial charge in [0.25, 0.3) is 5.91 Å². The second kappa shape index (κ2) is 4.84. The third-order valence-electron chi connectivity index (χ3n) is 3.69. The van der Waals surface area contributed by atoms with E-state index in [9.17, 15) is 4.79 Å². The normalized spacial score (nSPS) is 16.8. The Morgan fingerprint density at radius 3 is 2.61 bits per heavy atom. The van der Waals surface area contributed by atoms with E-state index in [4.69, 9.17) is 0 Å². The molecule has 18 heavy (non-hydrogen) atoms. The van der Waals surface area contributed by atoms with Crippen molar-refractivity contribution in [2.24, 2.45) is 0 Å². The summed E-state index contributed by atoms with van der Waals surface area (Å²) in [4.78, 5) is 17.6. The lowest BCUT2D eigenvalue weighted by atomic mass is 10.1. The summed E-state index contributed by atoms with van der Waals surface area (Å²) < 4.78 is 0. The molecule has 1 N–H and O–H groups in total. The van der Waals surface area contributed by atoms with Crippen LogP contribution in [0.15, 0.2) is 30.5 Å². The number of fused-ring (bicyclic) bond motifs is 1. The zero-order valence-corrected chi connectivity index (χ0v) is 10.5. The van der Waals surface area contributed by atoms with Gasteiger partial charge in [0.2, 0.25) is 0 Å². The monoisotopic (exact) mass is 242 g/mol. The molecule has 3 rings (SSSR count). The summed E-state index contributed by atoms with van der Waals surface area (Å²) in [5.74, 6) is 0.181. The van der Waals surface area contributed by atoms with Gasteiger partial charge < -0.3 is 9.88 Å². The van der Waals surface area contributed by atoms with Gasteiger partial charge in [0.05, 0.1) is 0 Å². The van der Waals surface area contributed by atoms with E-state index < -0.39 is 0 Å². The Hall–Kier alpha value is -1.77. The Bertz CT molecular complexity index is 550. The average Bonchev–Trinajstić information content (AvgIpc) is 2.69. The Labute approximate surface area is 107 Å². The summed E-state index contributed by atoms with van der Waals surface area (Å²) in [6.45, 7) is 1.81. The van der Waals surface area contributed by atoms with Gasteiger partial charge in [-0.2, -0.15) is 0 Å². The molecule has 1 aromatic carbocycles. The number of rotatable bonds is 1. The van der Waals surface area contributed by atoms with Crippen molar-refractivity contribution in [1.29, 1.82) is 0 Å². The number of H-pyrrole nitrogens is 1. The molecular weight excluding hydrogens is 224 g/mol. The zero-order chi connectivity index (χ0) is 12.4. The minimum Gasteiger partial charge on any atom is -0.361 e. The second-order valence-electron chi connectivity index (χ2n) is 4.99. The van der Waals surface area contributed by atoms with E-state index in [1.165, 1.54) is 12.8 Å². The topological polar surface area (TPSA) is 36.1 Å². The van der Waals surface area contributed by atoms with Gasteiger partial charge in [-0.15, -0.1) is 0 Å². The molecule has 3 nitrogen and oxygen atoms in total. The lowest BCUT2D eigenvalue weighted by molar-refractivity contribution is 0.0762. The summed E-state index contributed by atoms with van der Waals surface area (Å²) in [7, 11) is 0. The standard InChI is InChI=1S/C15H18N2O/c18-15(17-9-3-1-2-4-10-17)13-5-6-14-12(11-13)7-8-16-14/h5-8,11,16H,1-4,9-10H2. The average molecular weight is 242 g/mol. The first-order valence-electron chi connectivity index (χ1n) is 6.71. The van der Waals surface area contributed by atoms with Crippen LogP contribution in [-0.4, -0.2) is 28.9 Å². The predicted molar refractivity (Wildman–Crippen MR) is 72.7 cm³/mol. The minimum atomic E-state index is 0.181. The van der Waals surface area contributed by atoms with Gasteiger partial charge in [0.1, 0.15) is 0 Å². The molecule has 1 aliphatic heterocycles. The van der Waals surface area contributed by atoms with Crippen LogP contribution in [0.4, 0.5) is 0 Å². The maximum Gasteiger partial charge on any atom is 0.253 e. The fourth-order valence-corrected chi connectivity index (χ4v) is 2.64. The van der Waals surface area contributed by atoms with E-state index in [-0.39, 0.29) is 5.91 Å². The van der Waals surface area contributed by atoms with Crippen LogP contribution in [0.3, 0.4) is 0 Å². The fraction of sp³-hybridized carbons (Fsp3) is 0.400. The van der Waals surface area contributed by atoms with Crippen molar-refractivity contribution in [3.63, 3.8) is 0 Å². The Kier molecular flexibility index (Phi) is 3.05. The SMILES string of the molecule is O=C(c1ccc2[nH]ccc2c1)N1CCCCCC1. The summed E-state index contributed by atoms with van der Waals surface area (Å²) in [6.07, 6.45) is 6.68. The number of aromatic amines is 1. The number of aromatic nitrogens is 1. The molecule has 0 unspecified atom stereocenters. The number of likely N-dealkylation sites (tertiary alicyclic amines) is 1. The highest BCUT2D eigenvalue weighted by atomic mass is 16.2. The number of nitrogens with one attached hydrogen (secondary N) is 1. The minimum absolute atomic E-state index is 0.181. The van der Waals surface area contributed by atoms with Crippen molar-refractivity contribution in [3.8, 4) is 0 Å². The lowest BCUT2D eigenvalue weighted by Gasteiger charge is -2.20. The third kappa shape index (κ3) is 2.13. The van der Waals surface area contributed by atoms with Crippen molar-refractivity contribution >= 4 is 16.8 Å². The molecule has 1 saturated heterocycles. The Morgan fingerprint density at radius 1 is 1.06 bits per heavy atom. The van der Waals surface area contributed by atoms with E-state index in [2.05, 4.69) is 4.98 Å². The number of hydrogen-bond acceptors (Lipinski definition) is 1. The Balaban J connectivity index is 1.85. The maximum atomic E-state index is 12.4. The summed E-state index contributed by atoms with van der Waals surface area (Å²) in [5.41, 5.74) is 1.89. The summed E-state index contributed by atoms with van der Waals surface area (Å²) >= 11 is 0. The van der Waals surface area contributed by atoms with Gasteiger partial charge in [0.15, 0.2) is 0 Å². The van der Waals surface area contributed by atoms with Crippen molar-refractivity contribution in [3.05, 3.63) is 36.0 Å². The first kappa shape index (κ1) is 11.3. The molecule has 0 spiro atoms. The van der Waals surface area contributed by atoms with Gasteiger partial charge in [-0.1, -0.05) is 12.8 Å². The molecule has 1 aromatic heterocycles. The fourth-order valence-electron chi connectivity index (χ4n) is 2.64. The maximum absolute atomic E-state index is 12.4. The highest BCUT2D eigenvalue weighted by Crippen LogP contribution is 2.17. The first-order chi connectivity index (χ1) is 8.84. The number of hydrogen-bond donors (Lipinski definition) is 1. The Morgan fingerprint density at radius 2 is 1.83 bits per heavy atom. The van der Waals surface area contributed by atoms with Crippen LogP contribution in [0.25, 0.3) is 10.9 Å². The van der Waals surface area contributed by atoms with Crippen LogP contribution in [0.5, 0.6) is 0 Å². The number of nitrogens with zero attached hydrogens (tertiary/aromatic N) is 1. The molecule has 1 amide bonds. The molecule has 3 heteroatoms. The third-order valence-corrected chi connectivity index (χ3v) is 3.69. The highest BCUT2D eigenvalue weighted by molar-refractivity contribution is 5.98. The van der Waals surface area contributed by atoms with Crippen LogP contribution in [0.1, 0.15) is 36.0 Å². The number of carbonyl (C=O) groups is 1.